The number of para-hydroxylation sites is 1. The van der Waals surface area contributed by atoms with Crippen molar-refractivity contribution in [3.8, 4) is 5.75 Å². The van der Waals surface area contributed by atoms with E-state index in [0.29, 0.717) is 12.0 Å². The fourth-order valence-electron chi connectivity index (χ4n) is 2.79. The van der Waals surface area contributed by atoms with E-state index in [1.165, 1.54) is 11.1 Å². The van der Waals surface area contributed by atoms with Gasteiger partial charge in [0.05, 0.1) is 12.0 Å². The fourth-order valence-corrected chi connectivity index (χ4v) is 4.34. The summed E-state index contributed by atoms with van der Waals surface area (Å²) in [4.78, 5) is 2.49. The highest BCUT2D eigenvalue weighted by Gasteiger charge is 2.28. The van der Waals surface area contributed by atoms with Gasteiger partial charge in [-0.15, -0.1) is 11.8 Å². The van der Waals surface area contributed by atoms with Crippen molar-refractivity contribution in [3.05, 3.63) is 64.7 Å². The van der Waals surface area contributed by atoms with Crippen molar-refractivity contribution in [1.29, 1.82) is 0 Å². The van der Waals surface area contributed by atoms with Crippen LogP contribution in [-0.2, 0) is 6.54 Å². The van der Waals surface area contributed by atoms with Gasteiger partial charge in [-0.2, -0.15) is 0 Å². The largest absolute Gasteiger partial charge is 0.494 e. The molecular formula is C18H20ClNOS. The average molecular weight is 334 g/mol. The Bertz CT molecular complexity index is 634. The van der Waals surface area contributed by atoms with Crippen LogP contribution in [0.15, 0.2) is 48.5 Å². The normalized spacial score (nSPS) is 18.5. The van der Waals surface area contributed by atoms with E-state index in [1.54, 1.807) is 0 Å². The third kappa shape index (κ3) is 3.60. The summed E-state index contributed by atoms with van der Waals surface area (Å²) >= 11 is 8.09. The summed E-state index contributed by atoms with van der Waals surface area (Å²) in [6.45, 7) is 4.73. The molecule has 1 heterocycles. The molecular weight excluding hydrogens is 314 g/mol. The standard InChI is InChI=1S/C18H20ClNOS/c1-2-21-17-9-4-3-8-16(17)18-20(10-11-22-18)13-14-6-5-7-15(19)12-14/h3-9,12,18H,2,10-11,13H2,1H3. The lowest BCUT2D eigenvalue weighted by atomic mass is 10.1. The van der Waals surface area contributed by atoms with Crippen LogP contribution in [0.2, 0.25) is 5.02 Å². The van der Waals surface area contributed by atoms with Crippen molar-refractivity contribution in [2.75, 3.05) is 18.9 Å². The first-order chi connectivity index (χ1) is 10.8. The molecule has 2 aromatic carbocycles. The van der Waals surface area contributed by atoms with Gasteiger partial charge in [-0.25, -0.2) is 0 Å². The molecule has 0 N–H and O–H groups in total. The van der Waals surface area contributed by atoms with Gasteiger partial charge < -0.3 is 4.74 Å². The number of rotatable bonds is 5. The molecule has 1 saturated heterocycles. The van der Waals surface area contributed by atoms with E-state index >= 15 is 0 Å². The molecule has 2 nitrogen and oxygen atoms in total. The zero-order chi connectivity index (χ0) is 15.4. The first kappa shape index (κ1) is 15.7. The lowest BCUT2D eigenvalue weighted by molar-refractivity contribution is 0.271. The average Bonchev–Trinajstić information content (AvgIpc) is 2.96. The maximum Gasteiger partial charge on any atom is 0.124 e. The molecule has 0 amide bonds. The highest BCUT2D eigenvalue weighted by molar-refractivity contribution is 7.99. The van der Waals surface area contributed by atoms with E-state index < -0.39 is 0 Å². The van der Waals surface area contributed by atoms with Gasteiger partial charge in [-0.3, -0.25) is 4.90 Å². The van der Waals surface area contributed by atoms with Crippen LogP contribution >= 0.6 is 23.4 Å². The third-order valence-corrected chi connectivity index (χ3v) is 5.27. The molecule has 4 heteroatoms. The van der Waals surface area contributed by atoms with Crippen LogP contribution < -0.4 is 4.74 Å². The Morgan fingerprint density at radius 3 is 2.91 bits per heavy atom. The minimum absolute atomic E-state index is 0.349. The van der Waals surface area contributed by atoms with Gasteiger partial charge in [0.15, 0.2) is 0 Å². The van der Waals surface area contributed by atoms with E-state index in [1.807, 2.05) is 36.9 Å². The van der Waals surface area contributed by atoms with Gasteiger partial charge in [-0.05, 0) is 30.7 Å². The Morgan fingerprint density at radius 2 is 2.09 bits per heavy atom. The van der Waals surface area contributed by atoms with Crippen LogP contribution in [0.3, 0.4) is 0 Å². The summed E-state index contributed by atoms with van der Waals surface area (Å²) < 4.78 is 5.81. The summed E-state index contributed by atoms with van der Waals surface area (Å²) in [5.74, 6) is 2.14. The van der Waals surface area contributed by atoms with Crippen molar-refractivity contribution in [2.24, 2.45) is 0 Å². The van der Waals surface area contributed by atoms with Crippen LogP contribution in [0.1, 0.15) is 23.4 Å². The summed E-state index contributed by atoms with van der Waals surface area (Å²) in [6.07, 6.45) is 0. The molecule has 1 fully saturated rings. The second-order valence-electron chi connectivity index (χ2n) is 5.29. The Labute approximate surface area is 141 Å². The van der Waals surface area contributed by atoms with Gasteiger partial charge in [0.1, 0.15) is 5.75 Å². The molecule has 0 aromatic heterocycles. The van der Waals surface area contributed by atoms with Crippen molar-refractivity contribution in [1.82, 2.24) is 4.90 Å². The molecule has 1 aliphatic heterocycles. The molecule has 0 radical (unpaired) electrons. The Kier molecular flexibility index (Phi) is 5.29. The second kappa shape index (κ2) is 7.40. The molecule has 1 unspecified atom stereocenters. The minimum atomic E-state index is 0.349. The first-order valence-corrected chi connectivity index (χ1v) is 9.02. The molecule has 3 rings (SSSR count). The lowest BCUT2D eigenvalue weighted by Crippen LogP contribution is -2.22. The number of ether oxygens (including phenoxy) is 1. The number of hydrogen-bond donors (Lipinski definition) is 0. The lowest BCUT2D eigenvalue weighted by Gasteiger charge is -2.25. The number of nitrogens with zero attached hydrogens (tertiary/aromatic N) is 1. The molecule has 1 atom stereocenters. The first-order valence-electron chi connectivity index (χ1n) is 7.59. The quantitative estimate of drug-likeness (QED) is 0.765. The molecule has 2 aromatic rings. The molecule has 0 saturated carbocycles. The highest BCUT2D eigenvalue weighted by atomic mass is 35.5. The number of hydrogen-bond acceptors (Lipinski definition) is 3. The van der Waals surface area contributed by atoms with Crippen LogP contribution in [0.5, 0.6) is 5.75 Å². The van der Waals surface area contributed by atoms with E-state index in [0.717, 1.165) is 29.6 Å². The smallest absolute Gasteiger partial charge is 0.124 e. The maximum atomic E-state index is 6.11. The molecule has 116 valence electrons. The van der Waals surface area contributed by atoms with Crippen molar-refractivity contribution < 1.29 is 4.74 Å². The van der Waals surface area contributed by atoms with Gasteiger partial charge >= 0.3 is 0 Å². The SMILES string of the molecule is CCOc1ccccc1C1SCCN1Cc1cccc(Cl)c1. The van der Waals surface area contributed by atoms with E-state index in [9.17, 15) is 0 Å². The van der Waals surface area contributed by atoms with E-state index in [2.05, 4.69) is 35.2 Å². The topological polar surface area (TPSA) is 12.5 Å². The van der Waals surface area contributed by atoms with Crippen LogP contribution in [0.4, 0.5) is 0 Å². The van der Waals surface area contributed by atoms with Gasteiger partial charge in [-0.1, -0.05) is 41.9 Å². The van der Waals surface area contributed by atoms with E-state index in [-0.39, 0.29) is 0 Å². The molecule has 0 bridgehead atoms. The fraction of sp³-hybridized carbons (Fsp3) is 0.333. The molecule has 0 aliphatic carbocycles. The van der Waals surface area contributed by atoms with Crippen molar-refractivity contribution in [2.45, 2.75) is 18.8 Å². The van der Waals surface area contributed by atoms with Crippen LogP contribution in [-0.4, -0.2) is 23.8 Å². The third-order valence-electron chi connectivity index (χ3n) is 3.75. The Balaban J connectivity index is 1.81. The van der Waals surface area contributed by atoms with Crippen molar-refractivity contribution >= 4 is 23.4 Å². The summed E-state index contributed by atoms with van der Waals surface area (Å²) in [7, 11) is 0. The minimum Gasteiger partial charge on any atom is -0.494 e. The van der Waals surface area contributed by atoms with Gasteiger partial charge in [0, 0.05) is 29.4 Å². The highest BCUT2D eigenvalue weighted by Crippen LogP contribution is 2.42. The second-order valence-corrected chi connectivity index (χ2v) is 6.92. The summed E-state index contributed by atoms with van der Waals surface area (Å²) in [6, 6.07) is 16.5. The zero-order valence-electron chi connectivity index (χ0n) is 12.7. The molecule has 1 aliphatic rings. The molecule has 22 heavy (non-hydrogen) atoms. The number of benzene rings is 2. The van der Waals surface area contributed by atoms with Crippen LogP contribution in [0.25, 0.3) is 0 Å². The number of thioether (sulfide) groups is 1. The zero-order valence-corrected chi connectivity index (χ0v) is 14.2. The monoisotopic (exact) mass is 333 g/mol. The Hall–Kier alpha value is -1.16. The van der Waals surface area contributed by atoms with Gasteiger partial charge in [0.25, 0.3) is 0 Å². The van der Waals surface area contributed by atoms with Gasteiger partial charge in [0.2, 0.25) is 0 Å². The Morgan fingerprint density at radius 1 is 1.23 bits per heavy atom. The molecule has 0 spiro atoms. The summed E-state index contributed by atoms with van der Waals surface area (Å²) in [5.41, 5.74) is 2.53. The maximum absolute atomic E-state index is 6.11. The van der Waals surface area contributed by atoms with E-state index in [4.69, 9.17) is 16.3 Å². The van der Waals surface area contributed by atoms with Crippen molar-refractivity contribution in [3.63, 3.8) is 0 Å². The summed E-state index contributed by atoms with van der Waals surface area (Å²) in [5, 5.41) is 1.15. The predicted molar refractivity (Wildman–Crippen MR) is 94.7 cm³/mol. The van der Waals surface area contributed by atoms with Crippen LogP contribution in [0, 0.1) is 0 Å². The number of halogens is 1. The predicted octanol–water partition coefficient (Wildman–Crippen LogP) is 4.99.